The van der Waals surface area contributed by atoms with Gasteiger partial charge < -0.3 is 20.1 Å². The highest BCUT2D eigenvalue weighted by Crippen LogP contribution is 2.08. The van der Waals surface area contributed by atoms with E-state index in [0.717, 1.165) is 25.6 Å². The molecule has 0 aromatic rings. The highest BCUT2D eigenvalue weighted by molar-refractivity contribution is 4.72. The molecule has 1 fully saturated rings. The number of hydrogen-bond donors (Lipinski definition) is 2. The van der Waals surface area contributed by atoms with Crippen molar-refractivity contribution in [3.63, 3.8) is 0 Å². The Kier molecular flexibility index (Phi) is 6.92. The molecule has 0 saturated carbocycles. The Hall–Kier alpha value is -0.160. The van der Waals surface area contributed by atoms with Crippen molar-refractivity contribution in [1.82, 2.24) is 10.6 Å². The zero-order valence-electron chi connectivity index (χ0n) is 9.92. The Bertz CT molecular complexity index is 145. The molecule has 2 unspecified atom stereocenters. The van der Waals surface area contributed by atoms with Crippen molar-refractivity contribution in [2.75, 3.05) is 47.0 Å². The number of hydrogen-bond acceptors (Lipinski definition) is 4. The van der Waals surface area contributed by atoms with Gasteiger partial charge >= 0.3 is 0 Å². The van der Waals surface area contributed by atoms with Gasteiger partial charge in [-0.2, -0.15) is 0 Å². The van der Waals surface area contributed by atoms with Crippen molar-refractivity contribution < 1.29 is 9.47 Å². The zero-order chi connectivity index (χ0) is 10.9. The van der Waals surface area contributed by atoms with Crippen LogP contribution in [0.25, 0.3) is 0 Å². The molecule has 0 bridgehead atoms. The van der Waals surface area contributed by atoms with Gasteiger partial charge in [0.15, 0.2) is 0 Å². The third-order valence-corrected chi connectivity index (χ3v) is 2.89. The van der Waals surface area contributed by atoms with Crippen LogP contribution in [0.5, 0.6) is 0 Å². The van der Waals surface area contributed by atoms with E-state index in [0.29, 0.717) is 6.61 Å². The fourth-order valence-corrected chi connectivity index (χ4v) is 1.94. The monoisotopic (exact) mass is 216 g/mol. The standard InChI is InChI=1S/C11H24N2O2/c1-14-9-11(15-2)8-13-7-10-4-3-5-12-6-10/h10-13H,3-9H2,1-2H3. The zero-order valence-corrected chi connectivity index (χ0v) is 9.92. The summed E-state index contributed by atoms with van der Waals surface area (Å²) in [6.45, 7) is 4.94. The van der Waals surface area contributed by atoms with Crippen LogP contribution in [0.15, 0.2) is 0 Å². The van der Waals surface area contributed by atoms with Crippen molar-refractivity contribution in [3.05, 3.63) is 0 Å². The Morgan fingerprint density at radius 1 is 1.47 bits per heavy atom. The molecular weight excluding hydrogens is 192 g/mol. The minimum atomic E-state index is 0.173. The smallest absolute Gasteiger partial charge is 0.0928 e. The van der Waals surface area contributed by atoms with E-state index in [1.54, 1.807) is 14.2 Å². The van der Waals surface area contributed by atoms with Crippen LogP contribution in [0, 0.1) is 5.92 Å². The summed E-state index contributed by atoms with van der Waals surface area (Å²) in [5.41, 5.74) is 0. The second-order valence-electron chi connectivity index (χ2n) is 4.18. The molecule has 0 aromatic carbocycles. The van der Waals surface area contributed by atoms with Gasteiger partial charge in [-0.15, -0.1) is 0 Å². The van der Waals surface area contributed by atoms with Gasteiger partial charge in [-0.05, 0) is 38.4 Å². The number of ether oxygens (including phenoxy) is 2. The van der Waals surface area contributed by atoms with Gasteiger partial charge in [0, 0.05) is 20.8 Å². The molecule has 2 N–H and O–H groups in total. The molecule has 0 aromatic heterocycles. The lowest BCUT2D eigenvalue weighted by atomic mass is 10.00. The molecule has 90 valence electrons. The second kappa shape index (κ2) is 8.05. The van der Waals surface area contributed by atoms with Gasteiger partial charge in [-0.3, -0.25) is 0 Å². The molecule has 2 atom stereocenters. The topological polar surface area (TPSA) is 42.5 Å². The van der Waals surface area contributed by atoms with E-state index in [4.69, 9.17) is 9.47 Å². The van der Waals surface area contributed by atoms with Crippen LogP contribution in [-0.2, 0) is 9.47 Å². The average molecular weight is 216 g/mol. The summed E-state index contributed by atoms with van der Waals surface area (Å²) in [4.78, 5) is 0. The number of piperidine rings is 1. The van der Waals surface area contributed by atoms with Gasteiger partial charge in [-0.1, -0.05) is 0 Å². The molecular formula is C11H24N2O2. The first-order valence-corrected chi connectivity index (χ1v) is 5.80. The maximum atomic E-state index is 5.28. The van der Waals surface area contributed by atoms with Crippen LogP contribution in [0.3, 0.4) is 0 Å². The summed E-state index contributed by atoms with van der Waals surface area (Å²) < 4.78 is 10.3. The Labute approximate surface area is 92.7 Å². The maximum Gasteiger partial charge on any atom is 0.0928 e. The highest BCUT2D eigenvalue weighted by atomic mass is 16.5. The molecule has 0 radical (unpaired) electrons. The lowest BCUT2D eigenvalue weighted by molar-refractivity contribution is 0.0283. The molecule has 1 heterocycles. The number of nitrogens with one attached hydrogen (secondary N) is 2. The molecule has 4 heteroatoms. The average Bonchev–Trinajstić information content (AvgIpc) is 2.29. The van der Waals surface area contributed by atoms with Crippen molar-refractivity contribution in [1.29, 1.82) is 0 Å². The van der Waals surface area contributed by atoms with E-state index in [2.05, 4.69) is 10.6 Å². The molecule has 15 heavy (non-hydrogen) atoms. The van der Waals surface area contributed by atoms with Gasteiger partial charge in [-0.25, -0.2) is 0 Å². The largest absolute Gasteiger partial charge is 0.382 e. The van der Waals surface area contributed by atoms with Gasteiger partial charge in [0.1, 0.15) is 0 Å². The van der Waals surface area contributed by atoms with Gasteiger partial charge in [0.2, 0.25) is 0 Å². The van der Waals surface area contributed by atoms with Crippen molar-refractivity contribution >= 4 is 0 Å². The predicted octanol–water partition coefficient (Wildman–Crippen LogP) is 0.237. The first-order valence-electron chi connectivity index (χ1n) is 5.80. The summed E-state index contributed by atoms with van der Waals surface area (Å²) >= 11 is 0. The van der Waals surface area contributed by atoms with E-state index in [-0.39, 0.29) is 6.10 Å². The summed E-state index contributed by atoms with van der Waals surface area (Å²) in [5, 5.41) is 6.86. The minimum absolute atomic E-state index is 0.173. The fraction of sp³-hybridized carbons (Fsp3) is 1.00. The molecule has 1 aliphatic rings. The number of methoxy groups -OCH3 is 2. The lowest BCUT2D eigenvalue weighted by Gasteiger charge is -2.24. The van der Waals surface area contributed by atoms with Gasteiger partial charge in [0.05, 0.1) is 12.7 Å². The summed E-state index contributed by atoms with van der Waals surface area (Å²) in [6.07, 6.45) is 2.81. The predicted molar refractivity (Wildman–Crippen MR) is 61.1 cm³/mol. The normalized spacial score (nSPS) is 24.0. The summed E-state index contributed by atoms with van der Waals surface area (Å²) in [5.74, 6) is 0.777. The second-order valence-corrected chi connectivity index (χ2v) is 4.18. The van der Waals surface area contributed by atoms with Crippen LogP contribution < -0.4 is 10.6 Å². The molecule has 0 spiro atoms. The first kappa shape index (κ1) is 12.9. The van der Waals surface area contributed by atoms with E-state index in [1.165, 1.54) is 19.4 Å². The SMILES string of the molecule is COCC(CNCC1CCCNC1)OC. The highest BCUT2D eigenvalue weighted by Gasteiger charge is 2.13. The summed E-state index contributed by atoms with van der Waals surface area (Å²) in [6, 6.07) is 0. The molecule has 1 aliphatic heterocycles. The molecule has 0 amide bonds. The van der Waals surface area contributed by atoms with Gasteiger partial charge in [0.25, 0.3) is 0 Å². The van der Waals surface area contributed by atoms with Crippen molar-refractivity contribution in [2.24, 2.45) is 5.92 Å². The Morgan fingerprint density at radius 2 is 2.33 bits per heavy atom. The van der Waals surface area contributed by atoms with Crippen molar-refractivity contribution in [3.8, 4) is 0 Å². The lowest BCUT2D eigenvalue weighted by Crippen LogP contribution is -2.39. The fourth-order valence-electron chi connectivity index (χ4n) is 1.94. The quantitative estimate of drug-likeness (QED) is 0.639. The van der Waals surface area contributed by atoms with Crippen LogP contribution in [0.4, 0.5) is 0 Å². The van der Waals surface area contributed by atoms with E-state index >= 15 is 0 Å². The molecule has 1 saturated heterocycles. The van der Waals surface area contributed by atoms with Crippen LogP contribution in [-0.4, -0.2) is 53.1 Å². The third-order valence-electron chi connectivity index (χ3n) is 2.89. The third kappa shape index (κ3) is 5.47. The van der Waals surface area contributed by atoms with Crippen molar-refractivity contribution in [2.45, 2.75) is 18.9 Å². The van der Waals surface area contributed by atoms with Crippen LogP contribution >= 0.6 is 0 Å². The Morgan fingerprint density at radius 3 is 2.93 bits per heavy atom. The summed E-state index contributed by atoms with van der Waals surface area (Å²) in [7, 11) is 3.44. The van der Waals surface area contributed by atoms with Crippen LogP contribution in [0.2, 0.25) is 0 Å². The Balaban J connectivity index is 2.03. The minimum Gasteiger partial charge on any atom is -0.382 e. The molecule has 4 nitrogen and oxygen atoms in total. The molecule has 0 aliphatic carbocycles. The maximum absolute atomic E-state index is 5.28. The van der Waals surface area contributed by atoms with E-state index in [9.17, 15) is 0 Å². The van der Waals surface area contributed by atoms with E-state index < -0.39 is 0 Å². The van der Waals surface area contributed by atoms with E-state index in [1.807, 2.05) is 0 Å². The molecule has 1 rings (SSSR count). The van der Waals surface area contributed by atoms with Crippen LogP contribution in [0.1, 0.15) is 12.8 Å². The first-order chi connectivity index (χ1) is 7.36. The number of rotatable bonds is 7.